The minimum Gasteiger partial charge on any atom is -0.394 e. The Balaban J connectivity index is 1.84. The third kappa shape index (κ3) is 26.8. The average Bonchev–Trinajstić information content (AvgIpc) is 3.34. The lowest BCUT2D eigenvalue weighted by molar-refractivity contribution is -0.359. The molecule has 12 unspecified atom stereocenters. The maximum absolute atomic E-state index is 13.2. The molecule has 14 heteroatoms. The Morgan fingerprint density at radius 2 is 1.01 bits per heavy atom. The van der Waals surface area contributed by atoms with E-state index in [9.17, 15) is 45.6 Å². The highest BCUT2D eigenvalue weighted by Crippen LogP contribution is 2.30. The molecule has 2 heterocycles. The van der Waals surface area contributed by atoms with Crippen LogP contribution in [0.4, 0.5) is 0 Å². The van der Waals surface area contributed by atoms with Crippen LogP contribution in [0, 0.1) is 0 Å². The number of aliphatic hydroxyl groups is 8. The summed E-state index contributed by atoms with van der Waals surface area (Å²) in [5, 5.41) is 86.8. The van der Waals surface area contributed by atoms with Crippen molar-refractivity contribution in [1.29, 1.82) is 0 Å². The van der Waals surface area contributed by atoms with E-state index in [1.165, 1.54) is 70.6 Å². The van der Waals surface area contributed by atoms with Crippen molar-refractivity contribution < 1.29 is 64.6 Å². The predicted octanol–water partition coefficient (Wildman–Crippen LogP) is 7.44. The maximum Gasteiger partial charge on any atom is 0.220 e. The zero-order valence-electron chi connectivity index (χ0n) is 41.8. The molecule has 2 rings (SSSR count). The number of rotatable bonds is 40. The third-order valence-corrected chi connectivity index (χ3v) is 12.7. The number of amides is 1. The van der Waals surface area contributed by atoms with E-state index in [0.717, 1.165) is 83.5 Å². The summed E-state index contributed by atoms with van der Waals surface area (Å²) in [6, 6.07) is -0.924. The summed E-state index contributed by atoms with van der Waals surface area (Å²) in [6.07, 6.45) is 32.5. The molecule has 9 N–H and O–H groups in total. The highest BCUT2D eigenvalue weighted by molar-refractivity contribution is 5.76. The molecule has 2 saturated heterocycles. The van der Waals surface area contributed by atoms with E-state index in [1.54, 1.807) is 6.08 Å². The van der Waals surface area contributed by atoms with E-state index in [4.69, 9.17) is 18.9 Å². The van der Waals surface area contributed by atoms with Gasteiger partial charge in [-0.25, -0.2) is 0 Å². The molecule has 2 fully saturated rings. The van der Waals surface area contributed by atoms with Gasteiger partial charge in [-0.2, -0.15) is 0 Å². The van der Waals surface area contributed by atoms with Crippen LogP contribution in [-0.2, 0) is 23.7 Å². The van der Waals surface area contributed by atoms with Crippen LogP contribution in [0.5, 0.6) is 0 Å². The second kappa shape index (κ2) is 40.3. The lowest BCUT2D eigenvalue weighted by Crippen LogP contribution is -2.65. The minimum absolute atomic E-state index is 0.256. The summed E-state index contributed by atoms with van der Waals surface area (Å²) in [5.74, 6) is -0.256. The van der Waals surface area contributed by atoms with Gasteiger partial charge in [0.25, 0.3) is 0 Å². The first-order valence-corrected chi connectivity index (χ1v) is 26.5. The van der Waals surface area contributed by atoms with Gasteiger partial charge in [0, 0.05) is 6.42 Å². The van der Waals surface area contributed by atoms with Crippen molar-refractivity contribution in [3.63, 3.8) is 0 Å². The molecule has 0 spiro atoms. The molecule has 0 aromatic rings. The molecule has 0 aromatic heterocycles. The van der Waals surface area contributed by atoms with Gasteiger partial charge in [0.15, 0.2) is 12.6 Å². The zero-order chi connectivity index (χ0) is 49.6. The molecule has 0 saturated carbocycles. The van der Waals surface area contributed by atoms with Crippen LogP contribution < -0.4 is 5.32 Å². The Morgan fingerprint density at radius 1 is 0.544 bits per heavy atom. The lowest BCUT2D eigenvalue weighted by atomic mass is 9.97. The SMILES string of the molecule is CC/C=C\C/C=C\C/C=C\C/C=C\CCCCCCCCC(=O)NC(COC1OC(CO)C(OC2OC(CO)C(O)C(O)C2O)C(O)C1O)C(O)/C=C/CCCCCCCCCCCCCCC. The van der Waals surface area contributed by atoms with Crippen LogP contribution in [0.3, 0.4) is 0 Å². The Bertz CT molecular complexity index is 1370. The van der Waals surface area contributed by atoms with Gasteiger partial charge in [-0.1, -0.05) is 177 Å². The fraction of sp³-hybridized carbons (Fsp3) is 0.796. The van der Waals surface area contributed by atoms with Crippen LogP contribution in [0.1, 0.15) is 181 Å². The summed E-state index contributed by atoms with van der Waals surface area (Å²) in [4.78, 5) is 13.2. The summed E-state index contributed by atoms with van der Waals surface area (Å²) in [7, 11) is 0. The maximum atomic E-state index is 13.2. The predicted molar refractivity (Wildman–Crippen MR) is 267 cm³/mol. The smallest absolute Gasteiger partial charge is 0.220 e. The first-order valence-electron chi connectivity index (χ1n) is 26.5. The topological polar surface area (TPSA) is 228 Å². The van der Waals surface area contributed by atoms with E-state index < -0.39 is 86.8 Å². The van der Waals surface area contributed by atoms with Crippen LogP contribution in [0.15, 0.2) is 60.8 Å². The summed E-state index contributed by atoms with van der Waals surface area (Å²) >= 11 is 0. The van der Waals surface area contributed by atoms with Crippen LogP contribution in [0.2, 0.25) is 0 Å². The number of aliphatic hydroxyl groups excluding tert-OH is 8. The van der Waals surface area contributed by atoms with Gasteiger partial charge in [-0.05, 0) is 57.8 Å². The van der Waals surface area contributed by atoms with E-state index >= 15 is 0 Å². The molecule has 1 amide bonds. The van der Waals surface area contributed by atoms with Gasteiger partial charge in [0.05, 0.1) is 32.0 Å². The van der Waals surface area contributed by atoms with Gasteiger partial charge < -0.3 is 65.1 Å². The van der Waals surface area contributed by atoms with Gasteiger partial charge in [-0.3, -0.25) is 4.79 Å². The lowest BCUT2D eigenvalue weighted by Gasteiger charge is -2.46. The monoisotopic (exact) mass is 966 g/mol. The number of carbonyl (C=O) groups is 1. The molecular formula is C54H95NO13. The van der Waals surface area contributed by atoms with E-state index in [2.05, 4.69) is 67.8 Å². The van der Waals surface area contributed by atoms with Crippen molar-refractivity contribution in [1.82, 2.24) is 5.32 Å². The highest BCUT2D eigenvalue weighted by atomic mass is 16.7. The first-order chi connectivity index (χ1) is 33.1. The van der Waals surface area contributed by atoms with Crippen molar-refractivity contribution in [2.24, 2.45) is 0 Å². The van der Waals surface area contributed by atoms with Gasteiger partial charge in [-0.15, -0.1) is 0 Å². The normalized spacial score (nSPS) is 26.9. The second-order valence-electron chi connectivity index (χ2n) is 18.6. The molecule has 394 valence electrons. The quantitative estimate of drug-likeness (QED) is 0.0215. The summed E-state index contributed by atoms with van der Waals surface area (Å²) in [5.41, 5.74) is 0. The number of allylic oxidation sites excluding steroid dienone is 9. The number of hydrogen-bond acceptors (Lipinski definition) is 13. The van der Waals surface area contributed by atoms with Gasteiger partial charge >= 0.3 is 0 Å². The largest absolute Gasteiger partial charge is 0.394 e. The molecule has 2 aliphatic heterocycles. The third-order valence-electron chi connectivity index (χ3n) is 12.7. The number of nitrogens with one attached hydrogen (secondary N) is 1. The van der Waals surface area contributed by atoms with E-state index in [1.807, 2.05) is 6.08 Å². The van der Waals surface area contributed by atoms with Crippen LogP contribution in [-0.4, -0.2) is 140 Å². The number of hydrogen-bond donors (Lipinski definition) is 9. The molecule has 12 atom stereocenters. The van der Waals surface area contributed by atoms with E-state index in [0.29, 0.717) is 6.42 Å². The van der Waals surface area contributed by atoms with Gasteiger partial charge in [0.2, 0.25) is 5.91 Å². The average molecular weight is 966 g/mol. The number of unbranched alkanes of at least 4 members (excludes halogenated alkanes) is 19. The zero-order valence-corrected chi connectivity index (χ0v) is 41.8. The minimum atomic E-state index is -1.79. The molecule has 2 aliphatic rings. The number of carbonyl (C=O) groups excluding carboxylic acids is 1. The molecule has 0 radical (unpaired) electrons. The highest BCUT2D eigenvalue weighted by Gasteiger charge is 2.51. The fourth-order valence-corrected chi connectivity index (χ4v) is 8.40. The summed E-state index contributed by atoms with van der Waals surface area (Å²) < 4.78 is 22.7. The van der Waals surface area contributed by atoms with Crippen LogP contribution in [0.25, 0.3) is 0 Å². The molecule has 68 heavy (non-hydrogen) atoms. The van der Waals surface area contributed by atoms with Gasteiger partial charge in [0.1, 0.15) is 48.8 Å². The number of ether oxygens (including phenoxy) is 4. The standard InChI is InChI=1S/C54H95NO13/c1-3-5-7-9-11-13-15-17-19-20-21-22-24-26-28-30-32-34-36-38-46(59)55-42(43(58)37-35-33-31-29-27-25-23-18-16-14-12-10-8-6-4-2)41-65-53-51(64)49(62)52(45(40-57)67-53)68-54-50(63)48(61)47(60)44(39-56)66-54/h5,7,11,13,17,19,21-22,35,37,42-45,47-54,56-58,60-64H,3-4,6,8-10,12,14-16,18,20,23-34,36,38-41H2,1-2H3,(H,55,59)/b7-5-,13-11-,19-17-,22-21-,37-35+. The van der Waals surface area contributed by atoms with Crippen molar-refractivity contribution in [2.45, 2.75) is 254 Å². The second-order valence-corrected chi connectivity index (χ2v) is 18.6. The first kappa shape index (κ1) is 61.8. The Hall–Kier alpha value is -2.31. The molecular weight excluding hydrogens is 871 g/mol. The van der Waals surface area contributed by atoms with Crippen molar-refractivity contribution in [3.8, 4) is 0 Å². The molecule has 0 aliphatic carbocycles. The van der Waals surface area contributed by atoms with Crippen molar-refractivity contribution >= 4 is 5.91 Å². The van der Waals surface area contributed by atoms with Crippen molar-refractivity contribution in [2.75, 3.05) is 19.8 Å². The fourth-order valence-electron chi connectivity index (χ4n) is 8.40. The molecule has 0 bridgehead atoms. The Morgan fingerprint density at radius 3 is 1.56 bits per heavy atom. The summed E-state index contributed by atoms with van der Waals surface area (Å²) in [6.45, 7) is 2.65. The van der Waals surface area contributed by atoms with Crippen molar-refractivity contribution in [3.05, 3.63) is 60.8 Å². The molecule has 0 aromatic carbocycles. The Kier molecular flexibility index (Phi) is 36.6. The van der Waals surface area contributed by atoms with Crippen LogP contribution >= 0.6 is 0 Å². The Labute approximate surface area is 409 Å². The van der Waals surface area contributed by atoms with E-state index in [-0.39, 0.29) is 18.9 Å². The molecule has 14 nitrogen and oxygen atoms in total.